The zero-order valence-corrected chi connectivity index (χ0v) is 22.0. The van der Waals surface area contributed by atoms with Crippen molar-refractivity contribution in [1.29, 1.82) is 0 Å². The summed E-state index contributed by atoms with van der Waals surface area (Å²) in [6.07, 6.45) is 6.47. The maximum absolute atomic E-state index is 13.0. The number of ether oxygens (including phenoxy) is 1. The molecular formula is C27H33N7O4. The Hall–Kier alpha value is -4.41. The number of rotatable bonds is 5. The Bertz CT molecular complexity index is 1340. The van der Waals surface area contributed by atoms with Crippen LogP contribution in [0.2, 0.25) is 0 Å². The second kappa shape index (κ2) is 10.9. The summed E-state index contributed by atoms with van der Waals surface area (Å²) in [6, 6.07) is 8.65. The molecule has 4 N–H and O–H groups in total. The van der Waals surface area contributed by atoms with Gasteiger partial charge in [0.25, 0.3) is 5.91 Å². The van der Waals surface area contributed by atoms with Crippen LogP contribution in [0.1, 0.15) is 56.9 Å². The van der Waals surface area contributed by atoms with Crippen molar-refractivity contribution in [2.24, 2.45) is 0 Å². The number of aromatic nitrogens is 3. The monoisotopic (exact) mass is 519 g/mol. The first-order chi connectivity index (χ1) is 18.0. The molecule has 11 nitrogen and oxygen atoms in total. The number of carbonyl (C=O) groups is 3. The maximum Gasteiger partial charge on any atom is 0.410 e. The number of amides is 3. The molecule has 2 aromatic heterocycles. The van der Waals surface area contributed by atoms with E-state index in [4.69, 9.17) is 10.5 Å². The highest BCUT2D eigenvalue weighted by Gasteiger charge is 2.28. The van der Waals surface area contributed by atoms with Gasteiger partial charge in [0, 0.05) is 54.9 Å². The van der Waals surface area contributed by atoms with Crippen molar-refractivity contribution in [1.82, 2.24) is 19.7 Å². The molecule has 0 atom stereocenters. The second-order valence-corrected chi connectivity index (χ2v) is 10.3. The van der Waals surface area contributed by atoms with E-state index in [1.54, 1.807) is 47.6 Å². The van der Waals surface area contributed by atoms with Crippen molar-refractivity contribution in [2.75, 3.05) is 29.5 Å². The molecule has 1 fully saturated rings. The van der Waals surface area contributed by atoms with Gasteiger partial charge in [-0.05, 0) is 57.9 Å². The summed E-state index contributed by atoms with van der Waals surface area (Å²) in [7, 11) is 0. The van der Waals surface area contributed by atoms with Crippen molar-refractivity contribution < 1.29 is 19.1 Å². The van der Waals surface area contributed by atoms with Gasteiger partial charge in [0.2, 0.25) is 5.91 Å². The van der Waals surface area contributed by atoms with Crippen molar-refractivity contribution in [3.8, 4) is 11.1 Å². The first-order valence-electron chi connectivity index (χ1n) is 12.5. The van der Waals surface area contributed by atoms with Gasteiger partial charge in [-0.1, -0.05) is 6.07 Å². The number of nitrogens with one attached hydrogen (secondary N) is 2. The fraction of sp³-hybridized carbons (Fsp3) is 0.370. The van der Waals surface area contributed by atoms with Gasteiger partial charge in [-0.3, -0.25) is 14.3 Å². The Kier molecular flexibility index (Phi) is 7.65. The minimum Gasteiger partial charge on any atom is -0.444 e. The number of nitrogens with two attached hydrogens (primary N) is 1. The number of pyridine rings is 1. The summed E-state index contributed by atoms with van der Waals surface area (Å²) >= 11 is 0. The minimum absolute atomic E-state index is 0.103. The zero-order chi connectivity index (χ0) is 27.4. The van der Waals surface area contributed by atoms with Crippen LogP contribution < -0.4 is 16.4 Å². The molecule has 3 heterocycles. The zero-order valence-electron chi connectivity index (χ0n) is 22.0. The van der Waals surface area contributed by atoms with Crippen molar-refractivity contribution in [3.05, 3.63) is 54.5 Å². The fourth-order valence-corrected chi connectivity index (χ4v) is 4.22. The van der Waals surface area contributed by atoms with Gasteiger partial charge in [-0.15, -0.1) is 0 Å². The van der Waals surface area contributed by atoms with E-state index < -0.39 is 11.5 Å². The summed E-state index contributed by atoms with van der Waals surface area (Å²) in [4.78, 5) is 42.6. The fourth-order valence-electron chi connectivity index (χ4n) is 4.22. The molecule has 1 saturated heterocycles. The number of carbonyl (C=O) groups excluding carboxylic acids is 3. The number of benzene rings is 1. The highest BCUT2D eigenvalue weighted by molar-refractivity contribution is 6.08. The number of hydrogen-bond donors (Lipinski definition) is 3. The lowest BCUT2D eigenvalue weighted by molar-refractivity contribution is -0.114. The third kappa shape index (κ3) is 6.67. The molecule has 0 bridgehead atoms. The number of anilines is 3. The van der Waals surface area contributed by atoms with E-state index in [9.17, 15) is 14.4 Å². The minimum atomic E-state index is -0.523. The standard InChI is InChI=1S/C27H33N7O4/c1-17(35)31-20-6-5-7-21(13-20)32-25(36)23-12-18(14-29-24(23)28)19-15-30-34(16-19)22-8-10-33(11-9-22)26(37)38-27(2,3)4/h5-7,12-16,22H,8-11H2,1-4H3,(H2,28,29)(H,31,35)(H,32,36). The summed E-state index contributed by atoms with van der Waals surface area (Å²) in [6.45, 7) is 8.16. The Morgan fingerprint density at radius 1 is 1.03 bits per heavy atom. The van der Waals surface area contributed by atoms with E-state index in [0.29, 0.717) is 30.0 Å². The number of nitrogen functional groups attached to an aromatic ring is 1. The average Bonchev–Trinajstić information content (AvgIpc) is 3.33. The summed E-state index contributed by atoms with van der Waals surface area (Å²) < 4.78 is 7.37. The van der Waals surface area contributed by atoms with Gasteiger partial charge >= 0.3 is 6.09 Å². The van der Waals surface area contributed by atoms with Crippen LogP contribution in [0.3, 0.4) is 0 Å². The maximum atomic E-state index is 13.0. The topological polar surface area (TPSA) is 144 Å². The summed E-state index contributed by atoms with van der Waals surface area (Å²) in [5.41, 5.74) is 8.31. The molecule has 4 rings (SSSR count). The van der Waals surface area contributed by atoms with E-state index in [1.165, 1.54) is 6.92 Å². The van der Waals surface area contributed by atoms with E-state index in [1.807, 2.05) is 31.6 Å². The van der Waals surface area contributed by atoms with E-state index in [0.717, 1.165) is 18.4 Å². The van der Waals surface area contributed by atoms with Crippen molar-refractivity contribution in [3.63, 3.8) is 0 Å². The van der Waals surface area contributed by atoms with Gasteiger partial charge < -0.3 is 26.0 Å². The number of hydrogen-bond acceptors (Lipinski definition) is 7. The molecule has 11 heteroatoms. The third-order valence-electron chi connectivity index (χ3n) is 6.03. The lowest BCUT2D eigenvalue weighted by atomic mass is 10.1. The largest absolute Gasteiger partial charge is 0.444 e. The Morgan fingerprint density at radius 3 is 2.37 bits per heavy atom. The van der Waals surface area contributed by atoms with Gasteiger partial charge in [0.05, 0.1) is 17.8 Å². The summed E-state index contributed by atoms with van der Waals surface area (Å²) in [5, 5.41) is 10.0. The van der Waals surface area contributed by atoms with Crippen molar-refractivity contribution in [2.45, 2.75) is 52.2 Å². The third-order valence-corrected chi connectivity index (χ3v) is 6.03. The molecule has 0 radical (unpaired) electrons. The van der Waals surface area contributed by atoms with Gasteiger partial charge in [0.1, 0.15) is 11.4 Å². The molecular weight excluding hydrogens is 486 g/mol. The highest BCUT2D eigenvalue weighted by Crippen LogP contribution is 2.28. The lowest BCUT2D eigenvalue weighted by Crippen LogP contribution is -2.42. The summed E-state index contributed by atoms with van der Waals surface area (Å²) in [5.74, 6) is -0.520. The molecule has 3 aromatic rings. The molecule has 3 amide bonds. The first kappa shape index (κ1) is 26.6. The SMILES string of the molecule is CC(=O)Nc1cccc(NC(=O)c2cc(-c3cnn(C4CCN(C(=O)OC(C)(C)C)CC4)c3)cnc2N)c1. The molecule has 38 heavy (non-hydrogen) atoms. The molecule has 1 aromatic carbocycles. The van der Waals surface area contributed by atoms with Crippen LogP contribution in [-0.4, -0.2) is 56.3 Å². The number of nitrogens with zero attached hydrogens (tertiary/aromatic N) is 4. The van der Waals surface area contributed by atoms with Gasteiger partial charge in [0.15, 0.2) is 0 Å². The van der Waals surface area contributed by atoms with Gasteiger partial charge in [-0.2, -0.15) is 5.10 Å². The Morgan fingerprint density at radius 2 is 1.71 bits per heavy atom. The molecule has 1 aliphatic heterocycles. The van der Waals surface area contributed by atoms with E-state index >= 15 is 0 Å². The molecule has 0 unspecified atom stereocenters. The van der Waals surface area contributed by atoms with E-state index in [-0.39, 0.29) is 29.4 Å². The van der Waals surface area contributed by atoms with E-state index in [2.05, 4.69) is 20.7 Å². The normalized spacial score (nSPS) is 14.2. The molecule has 0 spiro atoms. The Labute approximate surface area is 221 Å². The second-order valence-electron chi connectivity index (χ2n) is 10.3. The van der Waals surface area contributed by atoms with Crippen LogP contribution >= 0.6 is 0 Å². The van der Waals surface area contributed by atoms with Crippen LogP contribution in [0.4, 0.5) is 22.0 Å². The molecule has 0 aliphatic carbocycles. The Balaban J connectivity index is 1.43. The highest BCUT2D eigenvalue weighted by atomic mass is 16.6. The van der Waals surface area contributed by atoms with Crippen LogP contribution in [-0.2, 0) is 9.53 Å². The van der Waals surface area contributed by atoms with Crippen molar-refractivity contribution >= 4 is 35.1 Å². The molecule has 0 saturated carbocycles. The molecule has 1 aliphatic rings. The lowest BCUT2D eigenvalue weighted by Gasteiger charge is -2.33. The average molecular weight is 520 g/mol. The van der Waals surface area contributed by atoms with Crippen LogP contribution in [0, 0.1) is 0 Å². The predicted octanol–water partition coefficient (Wildman–Crippen LogP) is 4.31. The number of piperidine rings is 1. The predicted molar refractivity (Wildman–Crippen MR) is 145 cm³/mol. The smallest absolute Gasteiger partial charge is 0.410 e. The van der Waals surface area contributed by atoms with Crippen LogP contribution in [0.5, 0.6) is 0 Å². The van der Waals surface area contributed by atoms with Crippen LogP contribution in [0.15, 0.2) is 48.9 Å². The molecule has 200 valence electrons. The number of likely N-dealkylation sites (tertiary alicyclic amines) is 1. The van der Waals surface area contributed by atoms with Crippen LogP contribution in [0.25, 0.3) is 11.1 Å². The quantitative estimate of drug-likeness (QED) is 0.455. The van der Waals surface area contributed by atoms with Gasteiger partial charge in [-0.25, -0.2) is 9.78 Å². The first-order valence-corrected chi connectivity index (χ1v) is 12.5.